The summed E-state index contributed by atoms with van der Waals surface area (Å²) in [5, 5.41) is 4.08. The number of rotatable bonds is 7. The fourth-order valence-electron chi connectivity index (χ4n) is 5.78. The third-order valence-electron chi connectivity index (χ3n) is 7.68. The van der Waals surface area contributed by atoms with E-state index in [0.717, 1.165) is 54.5 Å². The Labute approximate surface area is 219 Å². The van der Waals surface area contributed by atoms with Crippen LogP contribution in [-0.4, -0.2) is 41.9 Å². The molecule has 0 saturated heterocycles. The van der Waals surface area contributed by atoms with E-state index in [1.54, 1.807) is 0 Å². The number of amides is 1. The van der Waals surface area contributed by atoms with Crippen molar-refractivity contribution in [2.75, 3.05) is 12.3 Å². The lowest BCUT2D eigenvalue weighted by molar-refractivity contribution is -0.191. The van der Waals surface area contributed by atoms with Crippen molar-refractivity contribution in [3.8, 4) is 5.75 Å². The second kappa shape index (κ2) is 13.5. The minimum absolute atomic E-state index is 0.00775. The summed E-state index contributed by atoms with van der Waals surface area (Å²) < 4.78 is 12.5. The van der Waals surface area contributed by atoms with E-state index in [9.17, 15) is 4.79 Å². The standard InChI is InChI=1S/C28H41N3O3.CO2/c1-17(2)22-13-8-18(3)14-26(22)33-16-27(32)31-20-9-11-21(12-10-20)34-25-7-5-6-24-28(25)23(29)15-19(4)30-24;2-1-3/h5-7,15,17-18,20-22,26H,8-14,16H2,1-4H3,(H2,29,30)(H,31,32);/t18-,20?,21?,22+,26-;/m1./s1. The Morgan fingerprint density at radius 1 is 1.16 bits per heavy atom. The molecule has 0 bridgehead atoms. The summed E-state index contributed by atoms with van der Waals surface area (Å²) in [5.41, 5.74) is 8.74. The number of hydrogen-bond donors (Lipinski definition) is 2. The van der Waals surface area contributed by atoms with E-state index in [4.69, 9.17) is 24.8 Å². The van der Waals surface area contributed by atoms with Crippen molar-refractivity contribution in [2.45, 2.75) is 90.9 Å². The number of nitrogens with two attached hydrogens (primary N) is 1. The Morgan fingerprint density at radius 2 is 1.86 bits per heavy atom. The molecular formula is C29H41N3O5. The second-order valence-electron chi connectivity index (χ2n) is 10.9. The van der Waals surface area contributed by atoms with E-state index in [1.165, 1.54) is 12.8 Å². The molecule has 1 heterocycles. The Hall–Kier alpha value is -2.96. The summed E-state index contributed by atoms with van der Waals surface area (Å²) >= 11 is 0. The van der Waals surface area contributed by atoms with Gasteiger partial charge in [-0.15, -0.1) is 0 Å². The number of nitrogen functional groups attached to an aromatic ring is 1. The molecule has 3 N–H and O–H groups in total. The molecule has 2 fully saturated rings. The van der Waals surface area contributed by atoms with Crippen molar-refractivity contribution in [3.05, 3.63) is 30.0 Å². The van der Waals surface area contributed by atoms with Crippen LogP contribution in [-0.2, 0) is 19.1 Å². The Morgan fingerprint density at radius 3 is 2.54 bits per heavy atom. The van der Waals surface area contributed by atoms with Crippen molar-refractivity contribution in [1.29, 1.82) is 0 Å². The molecule has 1 amide bonds. The van der Waals surface area contributed by atoms with Crippen molar-refractivity contribution in [3.63, 3.8) is 0 Å². The van der Waals surface area contributed by atoms with Crippen LogP contribution < -0.4 is 15.8 Å². The molecule has 1 aromatic heterocycles. The van der Waals surface area contributed by atoms with Crippen LogP contribution in [0.1, 0.15) is 71.4 Å². The van der Waals surface area contributed by atoms with Crippen LogP contribution in [0.2, 0.25) is 0 Å². The highest BCUT2D eigenvalue weighted by Crippen LogP contribution is 2.35. The zero-order chi connectivity index (χ0) is 26.9. The first-order valence-electron chi connectivity index (χ1n) is 13.4. The largest absolute Gasteiger partial charge is 0.490 e. The third-order valence-corrected chi connectivity index (χ3v) is 7.68. The molecule has 0 radical (unpaired) electrons. The fraction of sp³-hybridized carbons (Fsp3) is 0.621. The average molecular weight is 512 g/mol. The van der Waals surface area contributed by atoms with E-state index < -0.39 is 0 Å². The van der Waals surface area contributed by atoms with Gasteiger partial charge in [-0.25, -0.2) is 0 Å². The molecular weight excluding hydrogens is 470 g/mol. The highest BCUT2D eigenvalue weighted by Gasteiger charge is 2.32. The van der Waals surface area contributed by atoms with Gasteiger partial charge in [0.05, 0.1) is 23.1 Å². The maximum absolute atomic E-state index is 12.6. The number of nitrogens with zero attached hydrogens (tertiary/aromatic N) is 1. The molecule has 0 aliphatic heterocycles. The molecule has 2 aliphatic carbocycles. The van der Waals surface area contributed by atoms with Gasteiger partial charge in [-0.05, 0) is 81.4 Å². The summed E-state index contributed by atoms with van der Waals surface area (Å²) in [5.74, 6) is 2.62. The van der Waals surface area contributed by atoms with Gasteiger partial charge < -0.3 is 20.5 Å². The van der Waals surface area contributed by atoms with E-state index in [2.05, 4.69) is 31.1 Å². The van der Waals surface area contributed by atoms with E-state index >= 15 is 0 Å². The van der Waals surface area contributed by atoms with Gasteiger partial charge in [-0.3, -0.25) is 9.78 Å². The molecule has 8 heteroatoms. The monoisotopic (exact) mass is 511 g/mol. The number of hydrogen-bond acceptors (Lipinski definition) is 7. The van der Waals surface area contributed by atoms with Gasteiger partial charge in [0.15, 0.2) is 0 Å². The zero-order valence-electron chi connectivity index (χ0n) is 22.5. The Kier molecular flexibility index (Phi) is 10.5. The highest BCUT2D eigenvalue weighted by molar-refractivity contribution is 5.95. The lowest BCUT2D eigenvalue weighted by Crippen LogP contribution is -2.43. The Bertz CT molecular complexity index is 1070. The predicted molar refractivity (Wildman–Crippen MR) is 142 cm³/mol. The van der Waals surface area contributed by atoms with Crippen molar-refractivity contribution < 1.29 is 23.9 Å². The fourth-order valence-corrected chi connectivity index (χ4v) is 5.78. The first-order chi connectivity index (χ1) is 17.7. The smallest absolute Gasteiger partial charge is 0.373 e. The minimum atomic E-state index is 0.00775. The number of anilines is 1. The van der Waals surface area contributed by atoms with Gasteiger partial charge in [0, 0.05) is 17.4 Å². The SMILES string of the molecule is Cc1cc(N)c2c(OC3CCC(NC(=O)CO[C@@H]4C[C@H](C)CC[C@H]4C(C)C)CC3)cccc2n1.O=C=O. The van der Waals surface area contributed by atoms with Crippen LogP contribution in [0.3, 0.4) is 0 Å². The van der Waals surface area contributed by atoms with Crippen LogP contribution in [0, 0.1) is 24.7 Å². The summed E-state index contributed by atoms with van der Waals surface area (Å²) in [4.78, 5) is 33.4. The maximum atomic E-state index is 12.6. The van der Waals surface area contributed by atoms with Crippen LogP contribution >= 0.6 is 0 Å². The molecule has 0 unspecified atom stereocenters. The first kappa shape index (κ1) is 28.6. The molecule has 8 nitrogen and oxygen atoms in total. The van der Waals surface area contributed by atoms with Crippen LogP contribution in [0.15, 0.2) is 24.3 Å². The maximum Gasteiger partial charge on any atom is 0.373 e. The number of pyridine rings is 1. The summed E-state index contributed by atoms with van der Waals surface area (Å²) in [7, 11) is 0. The van der Waals surface area contributed by atoms with Crippen molar-refractivity contribution in [1.82, 2.24) is 10.3 Å². The number of carbonyl (C=O) groups excluding carboxylic acids is 3. The lowest BCUT2D eigenvalue weighted by Gasteiger charge is -2.37. The number of aromatic nitrogens is 1. The van der Waals surface area contributed by atoms with Gasteiger partial charge in [0.2, 0.25) is 5.91 Å². The topological polar surface area (TPSA) is 121 Å². The second-order valence-corrected chi connectivity index (χ2v) is 10.9. The summed E-state index contributed by atoms with van der Waals surface area (Å²) in [6.45, 7) is 8.93. The number of aryl methyl sites for hydroxylation is 1. The van der Waals surface area contributed by atoms with Gasteiger partial charge in [-0.1, -0.05) is 33.3 Å². The van der Waals surface area contributed by atoms with Gasteiger partial charge in [-0.2, -0.15) is 9.59 Å². The molecule has 202 valence electrons. The average Bonchev–Trinajstić information content (AvgIpc) is 2.84. The Balaban J connectivity index is 0.00000121. The van der Waals surface area contributed by atoms with Gasteiger partial charge >= 0.3 is 6.15 Å². The molecule has 2 aromatic rings. The van der Waals surface area contributed by atoms with E-state index in [0.29, 0.717) is 23.4 Å². The van der Waals surface area contributed by atoms with Gasteiger partial charge in [0.1, 0.15) is 12.4 Å². The quantitative estimate of drug-likeness (QED) is 0.546. The molecule has 2 saturated carbocycles. The van der Waals surface area contributed by atoms with Gasteiger partial charge in [0.25, 0.3) is 0 Å². The zero-order valence-corrected chi connectivity index (χ0v) is 22.5. The third kappa shape index (κ3) is 8.01. The van der Waals surface area contributed by atoms with E-state index in [1.807, 2.05) is 31.2 Å². The van der Waals surface area contributed by atoms with Crippen molar-refractivity contribution in [2.24, 2.45) is 17.8 Å². The van der Waals surface area contributed by atoms with Crippen LogP contribution in [0.4, 0.5) is 5.69 Å². The number of carbonyl (C=O) groups is 1. The molecule has 3 atom stereocenters. The molecule has 1 aromatic carbocycles. The van der Waals surface area contributed by atoms with E-state index in [-0.39, 0.29) is 36.9 Å². The minimum Gasteiger partial charge on any atom is -0.490 e. The summed E-state index contributed by atoms with van der Waals surface area (Å²) in [6.07, 6.45) is 7.71. The first-order valence-corrected chi connectivity index (χ1v) is 13.4. The highest BCUT2D eigenvalue weighted by atomic mass is 16.5. The predicted octanol–water partition coefficient (Wildman–Crippen LogP) is 4.83. The molecule has 37 heavy (non-hydrogen) atoms. The number of fused-ring (bicyclic) bond motifs is 1. The number of nitrogens with one attached hydrogen (secondary N) is 1. The number of ether oxygens (including phenoxy) is 2. The number of benzene rings is 1. The normalized spacial score (nSPS) is 25.6. The van der Waals surface area contributed by atoms with Crippen LogP contribution in [0.5, 0.6) is 5.75 Å². The lowest BCUT2D eigenvalue weighted by atomic mass is 9.75. The molecule has 4 rings (SSSR count). The molecule has 2 aliphatic rings. The molecule has 0 spiro atoms. The van der Waals surface area contributed by atoms with Crippen molar-refractivity contribution >= 4 is 28.6 Å². The van der Waals surface area contributed by atoms with Crippen LogP contribution in [0.25, 0.3) is 10.9 Å². The summed E-state index contributed by atoms with van der Waals surface area (Å²) in [6, 6.07) is 7.98.